The van der Waals surface area contributed by atoms with Crippen LogP contribution in [0.4, 0.5) is 0 Å². The summed E-state index contributed by atoms with van der Waals surface area (Å²) in [7, 11) is 3.92. The Morgan fingerprint density at radius 1 is 1.44 bits per heavy atom. The monoisotopic (exact) mass is 248 g/mol. The molecule has 0 radical (unpaired) electrons. The first-order valence-electron chi connectivity index (χ1n) is 6.10. The van der Waals surface area contributed by atoms with Crippen LogP contribution in [0.1, 0.15) is 12.5 Å². The van der Waals surface area contributed by atoms with Gasteiger partial charge in [-0.3, -0.25) is 10.3 Å². The van der Waals surface area contributed by atoms with E-state index in [0.29, 0.717) is 0 Å². The molecule has 1 unspecified atom stereocenters. The highest BCUT2D eigenvalue weighted by Crippen LogP contribution is 1.99. The van der Waals surface area contributed by atoms with Crippen LogP contribution in [0.2, 0.25) is 0 Å². The summed E-state index contributed by atoms with van der Waals surface area (Å²) in [4.78, 5) is 13.9. The molecule has 6 nitrogen and oxygen atoms in total. The van der Waals surface area contributed by atoms with Gasteiger partial charge in [-0.1, -0.05) is 0 Å². The average Bonchev–Trinajstić information content (AvgIpc) is 2.81. The van der Waals surface area contributed by atoms with Gasteiger partial charge in [0.05, 0.1) is 0 Å². The van der Waals surface area contributed by atoms with E-state index in [1.54, 1.807) is 0 Å². The number of guanidine groups is 2. The standard InChI is InChI=1S/C12H20N6/c1-9-15-11(17-12(16-9)18(2)3)14-7-5-10-4-6-13-8-10/h4,6,8-9,13H,5,7H2,1-3H3,(H2,14,15,16,17). The van der Waals surface area contributed by atoms with Gasteiger partial charge in [-0.25, -0.2) is 4.99 Å². The van der Waals surface area contributed by atoms with Crippen molar-refractivity contribution in [3.8, 4) is 0 Å². The Labute approximate surface area is 107 Å². The smallest absolute Gasteiger partial charge is 0.202 e. The van der Waals surface area contributed by atoms with Gasteiger partial charge in [0.1, 0.15) is 6.17 Å². The summed E-state index contributed by atoms with van der Waals surface area (Å²) in [6.45, 7) is 2.76. The Balaban J connectivity index is 1.91. The van der Waals surface area contributed by atoms with Gasteiger partial charge in [0.15, 0.2) is 5.96 Å². The Kier molecular flexibility index (Phi) is 3.86. The molecular weight excluding hydrogens is 228 g/mol. The molecule has 0 fully saturated rings. The lowest BCUT2D eigenvalue weighted by Crippen LogP contribution is -2.53. The van der Waals surface area contributed by atoms with Gasteiger partial charge in [-0.15, -0.1) is 0 Å². The summed E-state index contributed by atoms with van der Waals surface area (Å²) >= 11 is 0. The molecule has 0 aliphatic carbocycles. The second-order valence-corrected chi connectivity index (χ2v) is 4.49. The molecule has 98 valence electrons. The number of aliphatic imine (C=N–C) groups is 2. The quantitative estimate of drug-likeness (QED) is 0.724. The van der Waals surface area contributed by atoms with E-state index in [0.717, 1.165) is 24.9 Å². The maximum atomic E-state index is 4.51. The Hall–Kier alpha value is -1.98. The summed E-state index contributed by atoms with van der Waals surface area (Å²) in [5.74, 6) is 1.62. The summed E-state index contributed by atoms with van der Waals surface area (Å²) < 4.78 is 0. The van der Waals surface area contributed by atoms with Crippen LogP contribution < -0.4 is 10.6 Å². The molecular formula is C12H20N6. The lowest BCUT2D eigenvalue weighted by Gasteiger charge is -2.26. The molecule has 1 atom stereocenters. The highest BCUT2D eigenvalue weighted by atomic mass is 15.4. The Bertz CT molecular complexity index is 431. The van der Waals surface area contributed by atoms with Gasteiger partial charge in [0, 0.05) is 33.0 Å². The van der Waals surface area contributed by atoms with Crippen LogP contribution in [0.3, 0.4) is 0 Å². The average molecular weight is 248 g/mol. The zero-order valence-corrected chi connectivity index (χ0v) is 11.1. The van der Waals surface area contributed by atoms with Gasteiger partial charge < -0.3 is 15.2 Å². The van der Waals surface area contributed by atoms with Crippen molar-refractivity contribution >= 4 is 11.9 Å². The van der Waals surface area contributed by atoms with Crippen molar-refractivity contribution in [2.75, 3.05) is 20.6 Å². The summed E-state index contributed by atoms with van der Waals surface area (Å²) in [5.41, 5.74) is 1.27. The minimum absolute atomic E-state index is 0.0506. The number of H-pyrrole nitrogens is 1. The Morgan fingerprint density at radius 3 is 2.94 bits per heavy atom. The van der Waals surface area contributed by atoms with Crippen molar-refractivity contribution in [2.24, 2.45) is 9.98 Å². The lowest BCUT2D eigenvalue weighted by atomic mass is 10.2. The molecule has 1 aromatic heterocycles. The highest BCUT2D eigenvalue weighted by Gasteiger charge is 2.15. The second kappa shape index (κ2) is 5.57. The minimum Gasteiger partial charge on any atom is -0.367 e. The van der Waals surface area contributed by atoms with Crippen molar-refractivity contribution in [3.63, 3.8) is 0 Å². The van der Waals surface area contributed by atoms with Crippen LogP contribution in [0.25, 0.3) is 0 Å². The number of rotatable bonds is 3. The zero-order valence-electron chi connectivity index (χ0n) is 11.1. The van der Waals surface area contributed by atoms with E-state index >= 15 is 0 Å². The molecule has 6 heteroatoms. The van der Waals surface area contributed by atoms with Crippen molar-refractivity contribution in [2.45, 2.75) is 19.5 Å². The van der Waals surface area contributed by atoms with E-state index in [9.17, 15) is 0 Å². The third kappa shape index (κ3) is 3.26. The molecule has 18 heavy (non-hydrogen) atoms. The molecule has 2 heterocycles. The van der Waals surface area contributed by atoms with Gasteiger partial charge in [0.2, 0.25) is 5.96 Å². The predicted molar refractivity (Wildman–Crippen MR) is 73.7 cm³/mol. The molecule has 0 aromatic carbocycles. The third-order valence-corrected chi connectivity index (χ3v) is 2.65. The number of nitrogens with one attached hydrogen (secondary N) is 3. The van der Waals surface area contributed by atoms with E-state index in [1.807, 2.05) is 38.3 Å². The number of nitrogens with zero attached hydrogens (tertiary/aromatic N) is 3. The molecule has 3 N–H and O–H groups in total. The van der Waals surface area contributed by atoms with Crippen LogP contribution in [-0.2, 0) is 6.42 Å². The number of hydrogen-bond donors (Lipinski definition) is 3. The van der Waals surface area contributed by atoms with Crippen LogP contribution >= 0.6 is 0 Å². The maximum absolute atomic E-state index is 4.51. The fraction of sp³-hybridized carbons (Fsp3) is 0.500. The fourth-order valence-electron chi connectivity index (χ4n) is 1.71. The van der Waals surface area contributed by atoms with E-state index in [1.165, 1.54) is 5.56 Å². The summed E-state index contributed by atoms with van der Waals surface area (Å²) in [6.07, 6.45) is 4.91. The lowest BCUT2D eigenvalue weighted by molar-refractivity contribution is 0.559. The summed E-state index contributed by atoms with van der Waals surface area (Å²) in [5, 5.41) is 6.37. The maximum Gasteiger partial charge on any atom is 0.202 e. The van der Waals surface area contributed by atoms with E-state index in [2.05, 4.69) is 31.7 Å². The van der Waals surface area contributed by atoms with Gasteiger partial charge in [0.25, 0.3) is 0 Å². The Morgan fingerprint density at radius 2 is 2.28 bits per heavy atom. The molecule has 0 spiro atoms. The fourth-order valence-corrected chi connectivity index (χ4v) is 1.71. The van der Waals surface area contributed by atoms with Crippen molar-refractivity contribution in [3.05, 3.63) is 24.0 Å². The molecule has 0 bridgehead atoms. The first-order chi connectivity index (χ1) is 8.65. The first kappa shape index (κ1) is 12.5. The van der Waals surface area contributed by atoms with Gasteiger partial charge in [-0.05, 0) is 25.0 Å². The first-order valence-corrected chi connectivity index (χ1v) is 6.10. The molecule has 1 aliphatic heterocycles. The SMILES string of the molecule is CC1N=C(N(C)C)NC(=NCCc2cc[nH]c2)N1. The molecule has 0 saturated heterocycles. The summed E-state index contributed by atoms with van der Waals surface area (Å²) in [6, 6.07) is 2.07. The van der Waals surface area contributed by atoms with Crippen molar-refractivity contribution < 1.29 is 0 Å². The van der Waals surface area contributed by atoms with Crippen molar-refractivity contribution in [1.29, 1.82) is 0 Å². The van der Waals surface area contributed by atoms with E-state index in [-0.39, 0.29) is 6.17 Å². The van der Waals surface area contributed by atoms with Gasteiger partial charge in [-0.2, -0.15) is 0 Å². The van der Waals surface area contributed by atoms with Crippen LogP contribution in [0, 0.1) is 0 Å². The second-order valence-electron chi connectivity index (χ2n) is 4.49. The minimum atomic E-state index is 0.0506. The molecule has 1 aliphatic rings. The largest absolute Gasteiger partial charge is 0.367 e. The van der Waals surface area contributed by atoms with Gasteiger partial charge >= 0.3 is 0 Å². The number of aromatic amines is 1. The number of aromatic nitrogens is 1. The molecule has 2 rings (SSSR count). The van der Waals surface area contributed by atoms with Crippen LogP contribution in [0.15, 0.2) is 28.4 Å². The zero-order chi connectivity index (χ0) is 13.0. The number of hydrogen-bond acceptors (Lipinski definition) is 3. The molecule has 0 saturated carbocycles. The van der Waals surface area contributed by atoms with E-state index in [4.69, 9.17) is 0 Å². The van der Waals surface area contributed by atoms with E-state index < -0.39 is 0 Å². The normalized spacial score (nSPS) is 21.2. The van der Waals surface area contributed by atoms with Crippen LogP contribution in [0.5, 0.6) is 0 Å². The molecule has 0 amide bonds. The third-order valence-electron chi connectivity index (χ3n) is 2.65. The van der Waals surface area contributed by atoms with Crippen LogP contribution in [-0.4, -0.2) is 48.6 Å². The highest BCUT2D eigenvalue weighted by molar-refractivity contribution is 6.00. The van der Waals surface area contributed by atoms with Crippen molar-refractivity contribution in [1.82, 2.24) is 20.5 Å². The predicted octanol–water partition coefficient (Wildman–Crippen LogP) is 0.370. The molecule has 1 aromatic rings. The topological polar surface area (TPSA) is 67.8 Å².